The first kappa shape index (κ1) is 12.9. The molecule has 6 heteroatoms. The van der Waals surface area contributed by atoms with Crippen LogP contribution in [0.5, 0.6) is 0 Å². The average molecular weight is 251 g/mol. The standard InChI is InChI=1S/C12H21N5O/c1-9-15-11(18-17-9)8-14-12(13-2)16-10-6-4-3-5-7-10/h10H,3-8H2,1-2H3,(H2,13,14,16). The van der Waals surface area contributed by atoms with Crippen molar-refractivity contribution in [2.24, 2.45) is 4.99 Å². The molecule has 6 nitrogen and oxygen atoms in total. The van der Waals surface area contributed by atoms with E-state index in [1.165, 1.54) is 32.1 Å². The molecule has 0 radical (unpaired) electrons. The third-order valence-electron chi connectivity index (χ3n) is 3.15. The highest BCUT2D eigenvalue weighted by Gasteiger charge is 2.14. The Kier molecular flexibility index (Phi) is 4.55. The van der Waals surface area contributed by atoms with E-state index in [4.69, 9.17) is 4.52 Å². The van der Waals surface area contributed by atoms with Crippen LogP contribution >= 0.6 is 0 Å². The van der Waals surface area contributed by atoms with Gasteiger partial charge < -0.3 is 15.2 Å². The highest BCUT2D eigenvalue weighted by Crippen LogP contribution is 2.17. The molecule has 0 bridgehead atoms. The fraction of sp³-hybridized carbons (Fsp3) is 0.750. The average Bonchev–Trinajstić information content (AvgIpc) is 2.81. The Balaban J connectivity index is 1.78. The van der Waals surface area contributed by atoms with Gasteiger partial charge in [0.15, 0.2) is 11.8 Å². The number of guanidine groups is 1. The summed E-state index contributed by atoms with van der Waals surface area (Å²) in [4.78, 5) is 8.35. The van der Waals surface area contributed by atoms with Crippen molar-refractivity contribution >= 4 is 5.96 Å². The maximum atomic E-state index is 5.04. The Morgan fingerprint density at radius 3 is 2.78 bits per heavy atom. The lowest BCUT2D eigenvalue weighted by atomic mass is 9.96. The Hall–Kier alpha value is -1.59. The van der Waals surface area contributed by atoms with E-state index in [-0.39, 0.29) is 0 Å². The molecule has 18 heavy (non-hydrogen) atoms. The van der Waals surface area contributed by atoms with Crippen molar-refractivity contribution in [3.8, 4) is 0 Å². The van der Waals surface area contributed by atoms with E-state index in [0.717, 1.165) is 5.96 Å². The minimum atomic E-state index is 0.507. The van der Waals surface area contributed by atoms with Gasteiger partial charge in [0.25, 0.3) is 0 Å². The Bertz CT molecular complexity index is 395. The quantitative estimate of drug-likeness (QED) is 0.627. The van der Waals surface area contributed by atoms with Crippen LogP contribution in [0.25, 0.3) is 0 Å². The summed E-state index contributed by atoms with van der Waals surface area (Å²) < 4.78 is 5.04. The van der Waals surface area contributed by atoms with E-state index < -0.39 is 0 Å². The lowest BCUT2D eigenvalue weighted by molar-refractivity contribution is 0.369. The second-order valence-electron chi connectivity index (χ2n) is 4.64. The lowest BCUT2D eigenvalue weighted by Crippen LogP contribution is -2.43. The number of aromatic nitrogens is 2. The van der Waals surface area contributed by atoms with E-state index >= 15 is 0 Å². The van der Waals surface area contributed by atoms with Gasteiger partial charge >= 0.3 is 0 Å². The second kappa shape index (κ2) is 6.37. The molecule has 1 aliphatic rings. The summed E-state index contributed by atoms with van der Waals surface area (Å²) in [5.41, 5.74) is 0. The SMILES string of the molecule is CN=C(NCc1nc(C)no1)NC1CCCCC1. The molecule has 1 aliphatic carbocycles. The van der Waals surface area contributed by atoms with E-state index in [9.17, 15) is 0 Å². The minimum absolute atomic E-state index is 0.507. The normalized spacial score (nSPS) is 17.8. The molecule has 1 saturated carbocycles. The monoisotopic (exact) mass is 251 g/mol. The van der Waals surface area contributed by atoms with Crippen molar-refractivity contribution < 1.29 is 4.52 Å². The van der Waals surface area contributed by atoms with Crippen LogP contribution in [0.4, 0.5) is 0 Å². The lowest BCUT2D eigenvalue weighted by Gasteiger charge is -2.24. The molecule has 0 aromatic carbocycles. The molecule has 1 aromatic heterocycles. The molecule has 0 atom stereocenters. The van der Waals surface area contributed by atoms with Crippen molar-refractivity contribution in [2.75, 3.05) is 7.05 Å². The second-order valence-corrected chi connectivity index (χ2v) is 4.64. The zero-order chi connectivity index (χ0) is 12.8. The van der Waals surface area contributed by atoms with E-state index in [0.29, 0.717) is 24.3 Å². The van der Waals surface area contributed by atoms with Gasteiger partial charge in [0.2, 0.25) is 5.89 Å². The highest BCUT2D eigenvalue weighted by atomic mass is 16.5. The summed E-state index contributed by atoms with van der Waals surface area (Å²) in [6.07, 6.45) is 6.40. The van der Waals surface area contributed by atoms with Gasteiger partial charge in [0.1, 0.15) is 0 Å². The molecule has 0 saturated heterocycles. The highest BCUT2D eigenvalue weighted by molar-refractivity contribution is 5.79. The first-order valence-corrected chi connectivity index (χ1v) is 6.54. The van der Waals surface area contributed by atoms with Gasteiger partial charge in [0.05, 0.1) is 6.54 Å². The zero-order valence-corrected chi connectivity index (χ0v) is 11.1. The molecule has 0 unspecified atom stereocenters. The molecule has 0 amide bonds. The number of rotatable bonds is 3. The Labute approximate surface area is 107 Å². The van der Waals surface area contributed by atoms with E-state index in [1.807, 2.05) is 6.92 Å². The minimum Gasteiger partial charge on any atom is -0.354 e. The largest absolute Gasteiger partial charge is 0.354 e. The fourth-order valence-corrected chi connectivity index (χ4v) is 2.21. The van der Waals surface area contributed by atoms with Crippen molar-refractivity contribution in [1.29, 1.82) is 0 Å². The van der Waals surface area contributed by atoms with Gasteiger partial charge in [0, 0.05) is 13.1 Å². The molecule has 100 valence electrons. The summed E-state index contributed by atoms with van der Waals surface area (Å²) in [5, 5.41) is 10.4. The summed E-state index contributed by atoms with van der Waals surface area (Å²) in [6.45, 7) is 2.31. The molecule has 2 N–H and O–H groups in total. The topological polar surface area (TPSA) is 75.3 Å². The molecular weight excluding hydrogens is 230 g/mol. The number of aliphatic imine (C=N–C) groups is 1. The maximum absolute atomic E-state index is 5.04. The van der Waals surface area contributed by atoms with Gasteiger partial charge in [-0.15, -0.1) is 0 Å². The van der Waals surface area contributed by atoms with Crippen molar-refractivity contribution in [2.45, 2.75) is 51.6 Å². The first-order chi connectivity index (χ1) is 8.78. The fourth-order valence-electron chi connectivity index (χ4n) is 2.21. The number of aryl methyl sites for hydroxylation is 1. The third kappa shape index (κ3) is 3.72. The number of hydrogen-bond acceptors (Lipinski definition) is 4. The summed E-state index contributed by atoms with van der Waals surface area (Å²) in [5.74, 6) is 2.04. The number of nitrogens with one attached hydrogen (secondary N) is 2. The van der Waals surface area contributed by atoms with Crippen LogP contribution in [0.1, 0.15) is 43.8 Å². The first-order valence-electron chi connectivity index (χ1n) is 6.54. The zero-order valence-electron chi connectivity index (χ0n) is 11.1. The molecule has 1 aromatic rings. The van der Waals surface area contributed by atoms with E-state index in [1.54, 1.807) is 7.05 Å². The third-order valence-corrected chi connectivity index (χ3v) is 3.15. The molecule has 0 aliphatic heterocycles. The van der Waals surface area contributed by atoms with Gasteiger partial charge in [-0.3, -0.25) is 4.99 Å². The predicted molar refractivity (Wildman–Crippen MR) is 69.2 cm³/mol. The molecule has 2 rings (SSSR count). The molecule has 1 heterocycles. The van der Waals surface area contributed by atoms with Gasteiger partial charge in [-0.2, -0.15) is 4.98 Å². The van der Waals surface area contributed by atoms with Crippen LogP contribution in [-0.2, 0) is 6.54 Å². The van der Waals surface area contributed by atoms with E-state index in [2.05, 4.69) is 25.8 Å². The predicted octanol–water partition coefficient (Wildman–Crippen LogP) is 1.38. The van der Waals surface area contributed by atoms with Gasteiger partial charge in [-0.1, -0.05) is 24.4 Å². The molecule has 0 spiro atoms. The molecular formula is C12H21N5O. The van der Waals surface area contributed by atoms with Crippen LogP contribution in [-0.4, -0.2) is 29.2 Å². The van der Waals surface area contributed by atoms with Crippen LogP contribution in [0.3, 0.4) is 0 Å². The Morgan fingerprint density at radius 2 is 2.17 bits per heavy atom. The van der Waals surface area contributed by atoms with Crippen molar-refractivity contribution in [3.05, 3.63) is 11.7 Å². The number of hydrogen-bond donors (Lipinski definition) is 2. The van der Waals surface area contributed by atoms with Crippen molar-refractivity contribution in [3.63, 3.8) is 0 Å². The van der Waals surface area contributed by atoms with Crippen LogP contribution < -0.4 is 10.6 Å². The molecule has 1 fully saturated rings. The smallest absolute Gasteiger partial charge is 0.246 e. The Morgan fingerprint density at radius 1 is 1.39 bits per heavy atom. The van der Waals surface area contributed by atoms with Gasteiger partial charge in [-0.05, 0) is 19.8 Å². The van der Waals surface area contributed by atoms with Crippen LogP contribution in [0.15, 0.2) is 9.52 Å². The maximum Gasteiger partial charge on any atom is 0.246 e. The summed E-state index contributed by atoms with van der Waals surface area (Å²) in [7, 11) is 1.78. The van der Waals surface area contributed by atoms with Crippen LogP contribution in [0.2, 0.25) is 0 Å². The van der Waals surface area contributed by atoms with Gasteiger partial charge in [-0.25, -0.2) is 0 Å². The summed E-state index contributed by atoms with van der Waals surface area (Å²) in [6, 6.07) is 0.536. The van der Waals surface area contributed by atoms with Crippen LogP contribution in [0, 0.1) is 6.92 Å². The summed E-state index contributed by atoms with van der Waals surface area (Å²) >= 11 is 0. The number of nitrogens with zero attached hydrogens (tertiary/aromatic N) is 3. The van der Waals surface area contributed by atoms with Crippen molar-refractivity contribution in [1.82, 2.24) is 20.8 Å².